The predicted octanol–water partition coefficient (Wildman–Crippen LogP) is 29.8. The molecule has 3 atom stereocenters. The molecule has 680 valence electrons. The van der Waals surface area contributed by atoms with Crippen LogP contribution in [0.1, 0.15) is 353 Å². The summed E-state index contributed by atoms with van der Waals surface area (Å²) in [6.45, 7) is 48.8. The molecule has 1 saturated heterocycles. The monoisotopic (exact) mass is 1730 g/mol. The summed E-state index contributed by atoms with van der Waals surface area (Å²) in [5.74, 6) is 2.44. The molecule has 0 bridgehead atoms. The summed E-state index contributed by atoms with van der Waals surface area (Å²) in [6, 6.07) is -0.885. The van der Waals surface area contributed by atoms with Crippen LogP contribution in [0.2, 0.25) is 0 Å². The summed E-state index contributed by atoms with van der Waals surface area (Å²) in [6.07, 6.45) is 96.7. The molecular formula is C104H176N2O9S4. The van der Waals surface area contributed by atoms with Crippen LogP contribution in [0.25, 0.3) is 0 Å². The summed E-state index contributed by atoms with van der Waals surface area (Å²) in [5.41, 5.74) is 3.59. The van der Waals surface area contributed by atoms with E-state index in [1.54, 1.807) is 0 Å². The SMILES string of the molecule is C/C=C\C/C=C\C/C=C\CC.CC(=O)N[C@@H](CS)C(=O)C(C)(C)C.CC(C)(C)C(=O)CCCC[C@]1(C)CCSS1.CC(C)(C)C(=O)[C@@H](N)CS.CC/C=C\C/C=C\C/C=C\C/C=C\C/C=C\CCCC(=O)C(C)(C)C.CC/C=C\C/C=C\C/C=C\C/C=C\C/C=C\CCCC(=O)OC(C)(C)C.CC/C=C\C/C=C\C/C=C\CC(=O)OC(C)(C)C. The summed E-state index contributed by atoms with van der Waals surface area (Å²) in [5, 5.41) is 2.57. The van der Waals surface area contributed by atoms with Gasteiger partial charge < -0.3 is 20.5 Å². The number of esters is 2. The number of Topliss-reactive ketones (excluding diaryl/α,β-unsaturated/α-hetero) is 4. The molecule has 1 heterocycles. The number of unbranched alkanes of at least 4 members (excludes halogenated alkanes) is 3. The number of carbonyl (C=O) groups excluding carboxylic acids is 7. The van der Waals surface area contributed by atoms with Crippen molar-refractivity contribution >= 4 is 87.8 Å². The first-order valence-corrected chi connectivity index (χ1v) is 47.9. The molecule has 1 rings (SSSR count). The van der Waals surface area contributed by atoms with E-state index in [2.05, 4.69) is 247 Å². The molecule has 1 aliphatic rings. The van der Waals surface area contributed by atoms with Gasteiger partial charge in [0.1, 0.15) is 22.8 Å². The van der Waals surface area contributed by atoms with Crippen molar-refractivity contribution in [1.29, 1.82) is 0 Å². The summed E-state index contributed by atoms with van der Waals surface area (Å²) >= 11 is 7.97. The van der Waals surface area contributed by atoms with Crippen molar-refractivity contribution in [1.82, 2.24) is 5.32 Å². The van der Waals surface area contributed by atoms with Crippen LogP contribution >= 0.6 is 46.8 Å². The van der Waals surface area contributed by atoms with Crippen LogP contribution in [-0.4, -0.2) is 86.3 Å². The fraction of sp³-hybridized carbons (Fsp3) is 0.625. The molecule has 0 radical (unpaired) electrons. The molecule has 0 unspecified atom stereocenters. The van der Waals surface area contributed by atoms with Crippen LogP contribution in [0.4, 0.5) is 0 Å². The van der Waals surface area contributed by atoms with Crippen molar-refractivity contribution in [3.8, 4) is 0 Å². The smallest absolute Gasteiger partial charge is 0.310 e. The van der Waals surface area contributed by atoms with E-state index in [0.717, 1.165) is 141 Å². The number of rotatable bonds is 48. The number of ketones is 4. The Bertz CT molecular complexity index is 3090. The molecule has 0 aromatic carbocycles. The third-order valence-electron chi connectivity index (χ3n) is 16.5. The second-order valence-electron chi connectivity index (χ2n) is 35.4. The molecule has 0 saturated carbocycles. The fourth-order valence-electron chi connectivity index (χ4n) is 9.68. The van der Waals surface area contributed by atoms with E-state index in [4.69, 9.17) is 15.2 Å². The molecule has 11 nitrogen and oxygen atoms in total. The lowest BCUT2D eigenvalue weighted by Gasteiger charge is -2.23. The molecule has 1 amide bonds. The minimum atomic E-state index is -0.471. The summed E-state index contributed by atoms with van der Waals surface area (Å²) in [7, 11) is 4.04. The number of ether oxygens (including phenoxy) is 2. The van der Waals surface area contributed by atoms with Crippen molar-refractivity contribution in [2.45, 2.75) is 381 Å². The zero-order chi connectivity index (χ0) is 91.8. The van der Waals surface area contributed by atoms with Crippen LogP contribution in [0, 0.1) is 21.7 Å². The highest BCUT2D eigenvalue weighted by molar-refractivity contribution is 8.77. The Balaban J connectivity index is -0.000000321. The topological polar surface area (TPSA) is 176 Å². The van der Waals surface area contributed by atoms with Gasteiger partial charge >= 0.3 is 11.9 Å². The lowest BCUT2D eigenvalue weighted by molar-refractivity contribution is -0.155. The summed E-state index contributed by atoms with van der Waals surface area (Å²) in [4.78, 5) is 80.1. The number of allylic oxidation sites excluding steroid dienone is 31. The number of hydrogen-bond donors (Lipinski definition) is 4. The maximum Gasteiger partial charge on any atom is 0.310 e. The van der Waals surface area contributed by atoms with Gasteiger partial charge in [-0.2, -0.15) is 25.3 Å². The van der Waals surface area contributed by atoms with Crippen LogP contribution in [-0.2, 0) is 43.0 Å². The number of carbonyl (C=O) groups is 7. The van der Waals surface area contributed by atoms with Crippen molar-refractivity contribution in [2.75, 3.05) is 17.3 Å². The van der Waals surface area contributed by atoms with E-state index in [1.807, 2.05) is 165 Å². The molecule has 0 spiro atoms. The zero-order valence-electron chi connectivity index (χ0n) is 80.0. The highest BCUT2D eigenvalue weighted by atomic mass is 33.1. The Hall–Kier alpha value is -5.71. The minimum absolute atomic E-state index is 0.0118. The number of amides is 1. The van der Waals surface area contributed by atoms with Crippen molar-refractivity contribution in [2.24, 2.45) is 27.4 Å². The lowest BCUT2D eigenvalue weighted by Crippen LogP contribution is -2.46. The zero-order valence-corrected chi connectivity index (χ0v) is 83.4. The molecule has 0 aromatic rings. The van der Waals surface area contributed by atoms with Crippen molar-refractivity contribution < 1.29 is 43.0 Å². The van der Waals surface area contributed by atoms with Crippen molar-refractivity contribution in [3.63, 3.8) is 0 Å². The highest BCUT2D eigenvalue weighted by Gasteiger charge is 2.31. The van der Waals surface area contributed by atoms with E-state index in [0.29, 0.717) is 47.1 Å². The average molecular weight is 1730 g/mol. The molecule has 3 N–H and O–H groups in total. The van der Waals surface area contributed by atoms with Gasteiger partial charge in [-0.25, -0.2) is 0 Å². The lowest BCUT2D eigenvalue weighted by atomic mass is 9.87. The summed E-state index contributed by atoms with van der Waals surface area (Å²) < 4.78 is 11.0. The first-order chi connectivity index (χ1) is 55.8. The molecule has 15 heteroatoms. The van der Waals surface area contributed by atoms with Crippen LogP contribution in [0.15, 0.2) is 194 Å². The standard InChI is InChI=1S/C24H38O2.C24H38O.C16H26O2.C13H24OS2.C11H18.C9H17NO2S.C7H15NOS/c1-5-6-7-8-9-10-11-12-13-14-15-16-17-18-19-20-21-22-23(25)26-24(2,3)4;1-5-6-7-8-9-10-11-12-13-14-15-16-17-18-19-20-21-22-23(25)24(2,3)4;1-5-6-7-8-9-10-11-12-13-14-15(17)18-16(2,3)4;1-12(2,3)11(14)7-5-6-8-13(4)9-10-15-16-13;1-3-5-7-9-11-10-8-6-4-2;1-6(11)10-7(5-13)8(12)9(2,3)4;1-7(2,3)6(9)5(8)4-10/h6-7,9-10,12-13,15-16,18-19H,5,8,11,14,17,20-22H2,1-4H3;6-7,9-10,12-13,15-16,18-19H,5,8,11,14,17,20-22H2,1-4H3;6-7,9-10,12-13H,5,8,11,14H2,1-4H3;5-10H2,1-4H3;3,5-6,8-9,11H,4,7,10H2,1-2H3;7,13H,5H2,1-4H3,(H,10,11);5,10H,4,8H2,1-3H3/b2*7-6-,10-9-,13-12-,16-15-,19-18-;7-6-,10-9-,13-12-;;5-3-,8-6-,11-9-;;/t;;;13-;;7-;5-/m...1.00/s1. The molecule has 1 fully saturated rings. The average Bonchev–Trinajstić information content (AvgIpc) is 1.34. The van der Waals surface area contributed by atoms with Crippen LogP contribution in [0.5, 0.6) is 0 Å². The predicted molar refractivity (Wildman–Crippen MR) is 535 cm³/mol. The second kappa shape index (κ2) is 80.7. The Labute approximate surface area is 751 Å². The van der Waals surface area contributed by atoms with Gasteiger partial charge in [0.2, 0.25) is 5.91 Å². The van der Waals surface area contributed by atoms with Crippen LogP contribution < -0.4 is 11.1 Å². The van der Waals surface area contributed by atoms with Gasteiger partial charge in [0.15, 0.2) is 11.6 Å². The quantitative estimate of drug-likeness (QED) is 0.0149. The largest absolute Gasteiger partial charge is 0.460 e. The number of nitrogens with one attached hydrogen (secondary N) is 1. The first-order valence-electron chi connectivity index (χ1n) is 44.3. The Morgan fingerprint density at radius 1 is 0.395 bits per heavy atom. The fourth-order valence-corrected chi connectivity index (χ4v) is 13.4. The molecular weight excluding hydrogens is 1550 g/mol. The first kappa shape index (κ1) is 124. The van der Waals surface area contributed by atoms with E-state index in [-0.39, 0.29) is 51.3 Å². The van der Waals surface area contributed by atoms with E-state index in [9.17, 15) is 33.6 Å². The third-order valence-corrected chi connectivity index (χ3v) is 20.6. The Kier molecular flexibility index (Phi) is 84.1. The molecule has 119 heavy (non-hydrogen) atoms. The van der Waals surface area contributed by atoms with Gasteiger partial charge in [0, 0.05) is 69.9 Å². The molecule has 1 aliphatic heterocycles. The van der Waals surface area contributed by atoms with E-state index < -0.39 is 23.1 Å². The second-order valence-corrected chi connectivity index (χ2v) is 39.1. The van der Waals surface area contributed by atoms with Gasteiger partial charge in [0.05, 0.1) is 18.5 Å². The van der Waals surface area contributed by atoms with Crippen molar-refractivity contribution in [3.05, 3.63) is 194 Å². The maximum absolute atomic E-state index is 11.8. The number of nitrogens with two attached hydrogens (primary N) is 1. The molecule has 0 aliphatic carbocycles. The van der Waals surface area contributed by atoms with Crippen LogP contribution in [0.3, 0.4) is 0 Å². The van der Waals surface area contributed by atoms with E-state index in [1.165, 1.54) is 31.9 Å². The van der Waals surface area contributed by atoms with E-state index >= 15 is 0 Å². The molecule has 0 aromatic heterocycles. The van der Waals surface area contributed by atoms with Gasteiger partial charge in [-0.3, -0.25) is 33.6 Å². The number of thiol groups is 2. The normalized spacial score (nSPS) is 15.1. The van der Waals surface area contributed by atoms with Gasteiger partial charge in [-0.05, 0) is 203 Å². The Morgan fingerprint density at radius 2 is 0.697 bits per heavy atom. The number of hydrogen-bond acceptors (Lipinski definition) is 14. The van der Waals surface area contributed by atoms with Gasteiger partial charge in [-0.1, -0.05) is 333 Å². The highest BCUT2D eigenvalue weighted by Crippen LogP contribution is 2.49. The van der Waals surface area contributed by atoms with Gasteiger partial charge in [0.25, 0.3) is 0 Å². The maximum atomic E-state index is 11.8. The minimum Gasteiger partial charge on any atom is -0.460 e. The third kappa shape index (κ3) is 97.6. The van der Waals surface area contributed by atoms with Gasteiger partial charge in [-0.15, -0.1) is 0 Å². The Morgan fingerprint density at radius 3 is 0.966 bits per heavy atom.